The van der Waals surface area contributed by atoms with Crippen LogP contribution in [0.1, 0.15) is 44.3 Å². The molecule has 18 heavy (non-hydrogen) atoms. The van der Waals surface area contributed by atoms with Gasteiger partial charge in [-0.25, -0.2) is 0 Å². The van der Waals surface area contributed by atoms with Crippen molar-refractivity contribution in [2.45, 2.75) is 38.7 Å². The van der Waals surface area contributed by atoms with E-state index < -0.39 is 0 Å². The fourth-order valence-electron chi connectivity index (χ4n) is 2.62. The van der Waals surface area contributed by atoms with Crippen molar-refractivity contribution in [3.05, 3.63) is 29.8 Å². The summed E-state index contributed by atoms with van der Waals surface area (Å²) in [5, 5.41) is 9.93. The second-order valence-corrected chi connectivity index (χ2v) is 6.03. The standard InChI is InChI=1S/C16H23NO/c1-12(18)15-4-2-3-5-16(15)17(10-13-6-7-13)11-14-8-9-14/h2-5,12-14,18H,6-11H2,1H3/t12-/m0/s1. The lowest BCUT2D eigenvalue weighted by molar-refractivity contribution is 0.199. The van der Waals surface area contributed by atoms with Gasteiger partial charge in [0.1, 0.15) is 0 Å². The van der Waals surface area contributed by atoms with Crippen LogP contribution in [0.25, 0.3) is 0 Å². The van der Waals surface area contributed by atoms with Crippen LogP contribution >= 0.6 is 0 Å². The van der Waals surface area contributed by atoms with Crippen molar-refractivity contribution < 1.29 is 5.11 Å². The molecule has 0 amide bonds. The molecule has 2 heteroatoms. The fraction of sp³-hybridized carbons (Fsp3) is 0.625. The van der Waals surface area contributed by atoms with E-state index in [0.29, 0.717) is 0 Å². The number of hydrogen-bond acceptors (Lipinski definition) is 2. The minimum absolute atomic E-state index is 0.373. The van der Waals surface area contributed by atoms with Gasteiger partial charge in [0.15, 0.2) is 0 Å². The molecule has 0 heterocycles. The lowest BCUT2D eigenvalue weighted by Crippen LogP contribution is -2.29. The Kier molecular flexibility index (Phi) is 3.29. The van der Waals surface area contributed by atoms with E-state index in [1.165, 1.54) is 44.5 Å². The Balaban J connectivity index is 1.82. The van der Waals surface area contributed by atoms with Crippen molar-refractivity contribution in [3.63, 3.8) is 0 Å². The van der Waals surface area contributed by atoms with E-state index in [1.54, 1.807) is 0 Å². The highest BCUT2D eigenvalue weighted by Gasteiger charge is 2.30. The van der Waals surface area contributed by atoms with Gasteiger partial charge in [-0.05, 0) is 50.5 Å². The Labute approximate surface area is 110 Å². The van der Waals surface area contributed by atoms with E-state index in [0.717, 1.165) is 17.4 Å². The molecule has 0 aromatic heterocycles. The number of aliphatic hydroxyl groups is 1. The highest BCUT2D eigenvalue weighted by molar-refractivity contribution is 5.55. The number of benzene rings is 1. The largest absolute Gasteiger partial charge is 0.389 e. The number of aliphatic hydroxyl groups excluding tert-OH is 1. The second-order valence-electron chi connectivity index (χ2n) is 6.03. The topological polar surface area (TPSA) is 23.5 Å². The predicted octanol–water partition coefficient (Wildman–Crippen LogP) is 3.37. The van der Waals surface area contributed by atoms with Crippen LogP contribution in [0.15, 0.2) is 24.3 Å². The second kappa shape index (κ2) is 4.93. The van der Waals surface area contributed by atoms with Gasteiger partial charge in [-0.2, -0.15) is 0 Å². The third-order valence-corrected chi connectivity index (χ3v) is 4.08. The molecule has 1 aromatic rings. The summed E-state index contributed by atoms with van der Waals surface area (Å²) in [6.07, 6.45) is 5.17. The van der Waals surface area contributed by atoms with Gasteiger partial charge in [0.25, 0.3) is 0 Å². The molecular formula is C16H23NO. The third kappa shape index (κ3) is 2.86. The van der Waals surface area contributed by atoms with Crippen LogP contribution in [0.5, 0.6) is 0 Å². The molecular weight excluding hydrogens is 222 g/mol. The number of hydrogen-bond donors (Lipinski definition) is 1. The molecule has 2 aliphatic rings. The SMILES string of the molecule is C[C@H](O)c1ccccc1N(CC1CC1)CC1CC1. The zero-order chi connectivity index (χ0) is 12.5. The Morgan fingerprint density at radius 1 is 1.11 bits per heavy atom. The Morgan fingerprint density at radius 2 is 1.67 bits per heavy atom. The lowest BCUT2D eigenvalue weighted by atomic mass is 10.1. The zero-order valence-corrected chi connectivity index (χ0v) is 11.2. The van der Waals surface area contributed by atoms with Crippen molar-refractivity contribution >= 4 is 5.69 Å². The molecule has 2 nitrogen and oxygen atoms in total. The summed E-state index contributed by atoms with van der Waals surface area (Å²) in [4.78, 5) is 2.53. The maximum absolute atomic E-state index is 9.93. The highest BCUT2D eigenvalue weighted by atomic mass is 16.3. The number of anilines is 1. The maximum atomic E-state index is 9.93. The molecule has 0 radical (unpaired) electrons. The first-order valence-electron chi connectivity index (χ1n) is 7.26. The van der Waals surface area contributed by atoms with Crippen LogP contribution in [-0.4, -0.2) is 18.2 Å². The first kappa shape index (κ1) is 12.0. The highest BCUT2D eigenvalue weighted by Crippen LogP contribution is 2.37. The van der Waals surface area contributed by atoms with Gasteiger partial charge in [-0.1, -0.05) is 18.2 Å². The normalized spacial score (nSPS) is 20.8. The summed E-state index contributed by atoms with van der Waals surface area (Å²) in [5.41, 5.74) is 2.34. The molecule has 2 aliphatic carbocycles. The third-order valence-electron chi connectivity index (χ3n) is 4.08. The smallest absolute Gasteiger partial charge is 0.0781 e. The van der Waals surface area contributed by atoms with Crippen molar-refractivity contribution in [1.82, 2.24) is 0 Å². The van der Waals surface area contributed by atoms with E-state index in [2.05, 4.69) is 23.1 Å². The van der Waals surface area contributed by atoms with Crippen LogP contribution in [0.2, 0.25) is 0 Å². The first-order valence-corrected chi connectivity index (χ1v) is 7.26. The fourth-order valence-corrected chi connectivity index (χ4v) is 2.62. The molecule has 98 valence electrons. The van der Waals surface area contributed by atoms with E-state index >= 15 is 0 Å². The molecule has 2 fully saturated rings. The summed E-state index contributed by atoms with van der Waals surface area (Å²) in [6.45, 7) is 4.23. The van der Waals surface area contributed by atoms with Gasteiger partial charge in [-0.3, -0.25) is 0 Å². The number of para-hydroxylation sites is 1. The van der Waals surface area contributed by atoms with Crippen LogP contribution in [0, 0.1) is 11.8 Å². The molecule has 0 aliphatic heterocycles. The predicted molar refractivity (Wildman–Crippen MR) is 74.7 cm³/mol. The van der Waals surface area contributed by atoms with Gasteiger partial charge in [0, 0.05) is 24.3 Å². The molecule has 0 saturated heterocycles. The molecule has 1 aromatic carbocycles. The monoisotopic (exact) mass is 245 g/mol. The molecule has 1 atom stereocenters. The molecule has 3 rings (SSSR count). The number of nitrogens with zero attached hydrogens (tertiary/aromatic N) is 1. The molecule has 1 N–H and O–H groups in total. The summed E-state index contributed by atoms with van der Waals surface area (Å²) >= 11 is 0. The van der Waals surface area contributed by atoms with E-state index in [-0.39, 0.29) is 6.10 Å². The van der Waals surface area contributed by atoms with Crippen LogP contribution < -0.4 is 4.90 Å². The molecule has 0 bridgehead atoms. The van der Waals surface area contributed by atoms with Crippen molar-refractivity contribution in [2.24, 2.45) is 11.8 Å². The van der Waals surface area contributed by atoms with Crippen molar-refractivity contribution in [1.29, 1.82) is 0 Å². The summed E-state index contributed by atoms with van der Waals surface area (Å²) in [7, 11) is 0. The van der Waals surface area contributed by atoms with Gasteiger partial charge in [0.2, 0.25) is 0 Å². The van der Waals surface area contributed by atoms with E-state index in [1.807, 2.05) is 13.0 Å². The summed E-state index contributed by atoms with van der Waals surface area (Å²) in [5.74, 6) is 1.79. The minimum atomic E-state index is -0.373. The quantitative estimate of drug-likeness (QED) is 0.830. The van der Waals surface area contributed by atoms with Crippen LogP contribution in [0.4, 0.5) is 5.69 Å². The minimum Gasteiger partial charge on any atom is -0.389 e. The first-order chi connectivity index (χ1) is 8.74. The Bertz CT molecular complexity index is 393. The Morgan fingerprint density at radius 3 is 2.17 bits per heavy atom. The van der Waals surface area contributed by atoms with E-state index in [9.17, 15) is 5.11 Å². The molecule has 0 unspecified atom stereocenters. The zero-order valence-electron chi connectivity index (χ0n) is 11.2. The summed E-state index contributed by atoms with van der Waals surface area (Å²) < 4.78 is 0. The van der Waals surface area contributed by atoms with Crippen LogP contribution in [-0.2, 0) is 0 Å². The maximum Gasteiger partial charge on any atom is 0.0781 e. The van der Waals surface area contributed by atoms with Crippen LogP contribution in [0.3, 0.4) is 0 Å². The van der Waals surface area contributed by atoms with Crippen molar-refractivity contribution in [2.75, 3.05) is 18.0 Å². The summed E-state index contributed by atoms with van der Waals surface area (Å²) in [6, 6.07) is 8.35. The van der Waals surface area contributed by atoms with E-state index in [4.69, 9.17) is 0 Å². The average molecular weight is 245 g/mol. The molecule has 0 spiro atoms. The lowest BCUT2D eigenvalue weighted by Gasteiger charge is -2.28. The molecule has 2 saturated carbocycles. The van der Waals surface area contributed by atoms with Gasteiger partial charge < -0.3 is 10.0 Å². The van der Waals surface area contributed by atoms with Gasteiger partial charge in [-0.15, -0.1) is 0 Å². The average Bonchev–Trinajstić information content (AvgIpc) is 3.23. The van der Waals surface area contributed by atoms with Gasteiger partial charge in [0.05, 0.1) is 6.10 Å². The Hall–Kier alpha value is -1.02. The number of rotatable bonds is 6. The van der Waals surface area contributed by atoms with Crippen molar-refractivity contribution in [3.8, 4) is 0 Å². The van der Waals surface area contributed by atoms with Gasteiger partial charge >= 0.3 is 0 Å².